The van der Waals surface area contributed by atoms with Crippen LogP contribution in [0.3, 0.4) is 0 Å². The molecule has 0 aliphatic heterocycles. The van der Waals surface area contributed by atoms with Gasteiger partial charge >= 0.3 is 6.18 Å². The maximum absolute atomic E-state index is 13.5. The standard InChI is InChI=1S/C26H22F3N3O4/c1-13-8-14(2)10-17(9-13)32-21-11-16(26(27,28)29)4-6-19(21)23(25(32)36)15(3)30-31-24(35)20-7-5-18(33)12-22(20)34/h4-12,33-34,36H,1-3H3,(H,31,35). The van der Waals surface area contributed by atoms with E-state index >= 15 is 0 Å². The number of carbonyl (C=O) groups is 1. The van der Waals surface area contributed by atoms with Crippen LogP contribution in [0.1, 0.15) is 39.5 Å². The summed E-state index contributed by atoms with van der Waals surface area (Å²) in [5.74, 6) is -1.83. The Labute approximate surface area is 203 Å². The van der Waals surface area contributed by atoms with Crippen LogP contribution < -0.4 is 5.43 Å². The predicted octanol–water partition coefficient (Wildman–Crippen LogP) is 5.54. The molecule has 3 aromatic carbocycles. The molecule has 1 amide bonds. The molecule has 0 saturated heterocycles. The molecule has 1 heterocycles. The monoisotopic (exact) mass is 497 g/mol. The number of phenols is 2. The summed E-state index contributed by atoms with van der Waals surface area (Å²) in [4.78, 5) is 12.5. The Hall–Kier alpha value is -4.47. The number of aromatic hydroxyl groups is 3. The molecule has 0 atom stereocenters. The molecule has 1 aromatic heterocycles. The molecule has 186 valence electrons. The van der Waals surface area contributed by atoms with Gasteiger partial charge in [0, 0.05) is 17.1 Å². The minimum atomic E-state index is -4.59. The van der Waals surface area contributed by atoms with Crippen molar-refractivity contribution < 1.29 is 33.3 Å². The highest BCUT2D eigenvalue weighted by Crippen LogP contribution is 2.39. The van der Waals surface area contributed by atoms with E-state index in [9.17, 15) is 33.3 Å². The van der Waals surface area contributed by atoms with E-state index in [2.05, 4.69) is 10.5 Å². The van der Waals surface area contributed by atoms with Crippen LogP contribution in [0.25, 0.3) is 16.6 Å². The number of nitrogens with one attached hydrogen (secondary N) is 1. The van der Waals surface area contributed by atoms with Crippen molar-refractivity contribution in [3.05, 3.63) is 82.4 Å². The first-order valence-electron chi connectivity index (χ1n) is 10.8. The van der Waals surface area contributed by atoms with Gasteiger partial charge in [0.1, 0.15) is 11.5 Å². The number of benzene rings is 3. The zero-order chi connectivity index (χ0) is 26.4. The van der Waals surface area contributed by atoms with Crippen molar-refractivity contribution in [3.63, 3.8) is 0 Å². The Balaban J connectivity index is 1.86. The molecule has 0 saturated carbocycles. The molecule has 4 N–H and O–H groups in total. The Morgan fingerprint density at radius 3 is 2.22 bits per heavy atom. The second-order valence-electron chi connectivity index (χ2n) is 8.45. The third kappa shape index (κ3) is 4.57. The Kier molecular flexibility index (Phi) is 6.13. The smallest absolute Gasteiger partial charge is 0.416 e. The molecule has 0 fully saturated rings. The van der Waals surface area contributed by atoms with Gasteiger partial charge in [-0.2, -0.15) is 18.3 Å². The van der Waals surface area contributed by atoms with Crippen molar-refractivity contribution in [2.45, 2.75) is 26.9 Å². The molecule has 0 spiro atoms. The van der Waals surface area contributed by atoms with Gasteiger partial charge in [0.2, 0.25) is 5.88 Å². The number of halogens is 3. The number of carbonyl (C=O) groups excluding carboxylic acids is 1. The van der Waals surface area contributed by atoms with Crippen LogP contribution in [-0.2, 0) is 6.18 Å². The third-order valence-corrected chi connectivity index (χ3v) is 5.65. The van der Waals surface area contributed by atoms with Crippen molar-refractivity contribution in [2.75, 3.05) is 0 Å². The third-order valence-electron chi connectivity index (χ3n) is 5.65. The van der Waals surface area contributed by atoms with Gasteiger partial charge in [-0.1, -0.05) is 12.1 Å². The lowest BCUT2D eigenvalue weighted by Gasteiger charge is -2.11. The molecule has 36 heavy (non-hydrogen) atoms. The number of alkyl halides is 3. The SMILES string of the molecule is CC(=NNC(=O)c1ccc(O)cc1O)c1c(O)n(-c2cc(C)cc(C)c2)c2cc(C(F)(F)F)ccc12. The van der Waals surface area contributed by atoms with Gasteiger partial charge in [-0.25, -0.2) is 5.43 Å². The fourth-order valence-electron chi connectivity index (χ4n) is 4.11. The number of fused-ring (bicyclic) bond motifs is 1. The number of nitrogens with zero attached hydrogens (tertiary/aromatic N) is 2. The summed E-state index contributed by atoms with van der Waals surface area (Å²) in [7, 11) is 0. The normalized spacial score (nSPS) is 12.2. The highest BCUT2D eigenvalue weighted by molar-refractivity contribution is 6.13. The largest absolute Gasteiger partial charge is 0.508 e. The van der Waals surface area contributed by atoms with Crippen molar-refractivity contribution in [1.29, 1.82) is 0 Å². The summed E-state index contributed by atoms with van der Waals surface area (Å²) >= 11 is 0. The second-order valence-corrected chi connectivity index (χ2v) is 8.45. The Bertz CT molecular complexity index is 1520. The van der Waals surface area contributed by atoms with Crippen molar-refractivity contribution in [2.24, 2.45) is 5.10 Å². The molecule has 0 aliphatic carbocycles. The van der Waals surface area contributed by atoms with Crippen LogP contribution >= 0.6 is 0 Å². The van der Waals surface area contributed by atoms with Crippen molar-refractivity contribution >= 4 is 22.5 Å². The van der Waals surface area contributed by atoms with E-state index in [1.165, 1.54) is 29.7 Å². The zero-order valence-corrected chi connectivity index (χ0v) is 19.5. The van der Waals surface area contributed by atoms with Gasteiger partial charge in [0.15, 0.2) is 0 Å². The lowest BCUT2D eigenvalue weighted by Crippen LogP contribution is -2.19. The van der Waals surface area contributed by atoms with E-state index in [1.807, 2.05) is 19.9 Å². The maximum atomic E-state index is 13.5. The summed E-state index contributed by atoms with van der Waals surface area (Å²) in [5.41, 5.74) is 3.76. The fourth-order valence-corrected chi connectivity index (χ4v) is 4.11. The molecule has 4 aromatic rings. The fraction of sp³-hybridized carbons (Fsp3) is 0.154. The molecule has 0 radical (unpaired) electrons. The van der Waals surface area contributed by atoms with Gasteiger partial charge in [-0.15, -0.1) is 0 Å². The van der Waals surface area contributed by atoms with Crippen LogP contribution in [0.2, 0.25) is 0 Å². The van der Waals surface area contributed by atoms with Crippen LogP contribution in [0.15, 0.2) is 59.7 Å². The molecule has 7 nitrogen and oxygen atoms in total. The van der Waals surface area contributed by atoms with E-state index < -0.39 is 23.4 Å². The first-order chi connectivity index (χ1) is 16.9. The summed E-state index contributed by atoms with van der Waals surface area (Å²) in [6.07, 6.45) is -4.59. The van der Waals surface area contributed by atoms with E-state index in [4.69, 9.17) is 0 Å². The lowest BCUT2D eigenvalue weighted by molar-refractivity contribution is -0.137. The second kappa shape index (κ2) is 8.95. The number of amides is 1. The summed E-state index contributed by atoms with van der Waals surface area (Å²) in [6.45, 7) is 5.15. The quantitative estimate of drug-likeness (QED) is 0.219. The first-order valence-corrected chi connectivity index (χ1v) is 10.8. The van der Waals surface area contributed by atoms with Gasteiger partial charge < -0.3 is 15.3 Å². The number of aryl methyl sites for hydroxylation is 2. The average molecular weight is 497 g/mol. The van der Waals surface area contributed by atoms with E-state index in [1.54, 1.807) is 12.1 Å². The summed E-state index contributed by atoms with van der Waals surface area (Å²) in [6, 6.07) is 11.9. The molecule has 4 rings (SSSR count). The highest BCUT2D eigenvalue weighted by atomic mass is 19.4. The minimum Gasteiger partial charge on any atom is -0.508 e. The van der Waals surface area contributed by atoms with Gasteiger partial charge in [0.25, 0.3) is 5.91 Å². The first kappa shape index (κ1) is 24.6. The molecule has 0 bridgehead atoms. The topological polar surface area (TPSA) is 107 Å². The van der Waals surface area contributed by atoms with Gasteiger partial charge in [-0.3, -0.25) is 9.36 Å². The average Bonchev–Trinajstić information content (AvgIpc) is 3.07. The Morgan fingerprint density at radius 1 is 0.944 bits per heavy atom. The number of hydrazone groups is 1. The van der Waals surface area contributed by atoms with Gasteiger partial charge in [0.05, 0.1) is 27.9 Å². The number of rotatable bonds is 4. The lowest BCUT2D eigenvalue weighted by atomic mass is 10.1. The maximum Gasteiger partial charge on any atom is 0.416 e. The number of phenolic OH excluding ortho intramolecular Hbond substituents is 2. The molecular weight excluding hydrogens is 475 g/mol. The zero-order valence-electron chi connectivity index (χ0n) is 19.5. The van der Waals surface area contributed by atoms with E-state index in [-0.39, 0.29) is 34.0 Å². The van der Waals surface area contributed by atoms with Gasteiger partial charge in [-0.05, 0) is 68.3 Å². The molecular formula is C26H22F3N3O4. The minimum absolute atomic E-state index is 0.111. The van der Waals surface area contributed by atoms with Crippen molar-refractivity contribution in [3.8, 4) is 23.1 Å². The van der Waals surface area contributed by atoms with Crippen LogP contribution in [0, 0.1) is 13.8 Å². The number of hydrogen-bond donors (Lipinski definition) is 4. The number of hydrogen-bond acceptors (Lipinski definition) is 5. The summed E-state index contributed by atoms with van der Waals surface area (Å²) in [5, 5.41) is 34.8. The Morgan fingerprint density at radius 2 is 1.61 bits per heavy atom. The van der Waals surface area contributed by atoms with Crippen LogP contribution in [0.5, 0.6) is 17.4 Å². The molecule has 0 aliphatic rings. The molecule has 10 heteroatoms. The van der Waals surface area contributed by atoms with Crippen LogP contribution in [-0.4, -0.2) is 31.5 Å². The molecule has 0 unspecified atom stereocenters. The van der Waals surface area contributed by atoms with Crippen molar-refractivity contribution in [1.82, 2.24) is 9.99 Å². The highest BCUT2D eigenvalue weighted by Gasteiger charge is 2.32. The van der Waals surface area contributed by atoms with Crippen LogP contribution in [0.4, 0.5) is 13.2 Å². The predicted molar refractivity (Wildman–Crippen MR) is 129 cm³/mol. The summed E-state index contributed by atoms with van der Waals surface area (Å²) < 4.78 is 41.8. The van der Waals surface area contributed by atoms with E-state index in [0.29, 0.717) is 11.1 Å². The number of aromatic nitrogens is 1. The van der Waals surface area contributed by atoms with E-state index in [0.717, 1.165) is 29.3 Å².